The minimum Gasteiger partial charge on any atom is -0.396 e. The lowest BCUT2D eigenvalue weighted by atomic mass is 10.0. The fourth-order valence-electron chi connectivity index (χ4n) is 1.64. The van der Waals surface area contributed by atoms with Gasteiger partial charge in [0.25, 0.3) is 10.0 Å². The molecule has 1 unspecified atom stereocenters. The van der Waals surface area contributed by atoms with Crippen LogP contribution in [0.1, 0.15) is 26.2 Å². The number of nitrogens with one attached hydrogen (secondary N) is 2. The molecule has 7 heteroatoms. The molecule has 0 fully saturated rings. The Kier molecular flexibility index (Phi) is 5.60. The zero-order valence-corrected chi connectivity index (χ0v) is 10.7. The number of aliphatic hydroxyl groups excluding tert-OH is 1. The van der Waals surface area contributed by atoms with Crippen LogP contribution >= 0.6 is 0 Å². The normalized spacial score (nSPS) is 13.8. The van der Waals surface area contributed by atoms with Gasteiger partial charge >= 0.3 is 0 Å². The Morgan fingerprint density at radius 3 is 2.82 bits per heavy atom. The topological polar surface area (TPSA) is 95.1 Å². The molecule has 1 rings (SSSR count). The van der Waals surface area contributed by atoms with E-state index in [1.807, 2.05) is 6.92 Å². The highest BCUT2D eigenvalue weighted by Gasteiger charge is 2.17. The van der Waals surface area contributed by atoms with Gasteiger partial charge in [-0.15, -0.1) is 0 Å². The molecule has 1 heterocycles. The van der Waals surface area contributed by atoms with Crippen LogP contribution in [-0.2, 0) is 10.0 Å². The van der Waals surface area contributed by atoms with E-state index in [-0.39, 0.29) is 17.6 Å². The summed E-state index contributed by atoms with van der Waals surface area (Å²) < 4.78 is 26.0. The van der Waals surface area contributed by atoms with Crippen molar-refractivity contribution < 1.29 is 13.5 Å². The Balaban J connectivity index is 2.53. The summed E-state index contributed by atoms with van der Waals surface area (Å²) in [5.74, 6) is 0.169. The third kappa shape index (κ3) is 4.45. The molecular weight excluding hydrogens is 242 g/mol. The van der Waals surface area contributed by atoms with E-state index in [0.29, 0.717) is 13.0 Å². The number of rotatable bonds is 8. The molecule has 0 aliphatic heterocycles. The predicted octanol–water partition coefficient (Wildman–Crippen LogP) is 0.487. The molecule has 0 aromatic carbocycles. The van der Waals surface area contributed by atoms with Gasteiger partial charge in [0.15, 0.2) is 5.03 Å². The lowest BCUT2D eigenvalue weighted by molar-refractivity contribution is 0.251. The number of aliphatic hydroxyl groups is 1. The molecular formula is C10H19N3O3S. The van der Waals surface area contributed by atoms with Gasteiger partial charge < -0.3 is 5.11 Å². The van der Waals surface area contributed by atoms with Crippen LogP contribution in [0.4, 0.5) is 0 Å². The van der Waals surface area contributed by atoms with E-state index in [1.54, 1.807) is 0 Å². The summed E-state index contributed by atoms with van der Waals surface area (Å²) in [5, 5.41) is 15.0. The quantitative estimate of drug-likeness (QED) is 0.634. The van der Waals surface area contributed by atoms with E-state index >= 15 is 0 Å². The van der Waals surface area contributed by atoms with Gasteiger partial charge in [0, 0.05) is 13.2 Å². The third-order valence-electron chi connectivity index (χ3n) is 2.56. The maximum absolute atomic E-state index is 11.8. The van der Waals surface area contributed by atoms with Crippen molar-refractivity contribution in [3.05, 3.63) is 12.3 Å². The standard InChI is InChI=1S/C10H19N3O3S/c1-2-3-9(5-7-14)8-12-17(15,16)10-4-6-11-13-10/h4,6,9,12,14H,2-3,5,7-8H2,1H3,(H,11,13). The first kappa shape index (κ1) is 14.1. The highest BCUT2D eigenvalue weighted by Crippen LogP contribution is 2.11. The van der Waals surface area contributed by atoms with Gasteiger partial charge in [-0.2, -0.15) is 5.10 Å². The SMILES string of the molecule is CCCC(CCO)CNS(=O)(=O)c1ccn[nH]1. The summed E-state index contributed by atoms with van der Waals surface area (Å²) in [6, 6.07) is 1.41. The van der Waals surface area contributed by atoms with E-state index in [9.17, 15) is 8.42 Å². The average Bonchev–Trinajstić information content (AvgIpc) is 2.81. The molecule has 0 aliphatic rings. The number of aromatic nitrogens is 2. The number of sulfonamides is 1. The number of nitrogens with zero attached hydrogens (tertiary/aromatic N) is 1. The molecule has 0 saturated carbocycles. The van der Waals surface area contributed by atoms with E-state index < -0.39 is 10.0 Å². The molecule has 1 aromatic heterocycles. The van der Waals surface area contributed by atoms with E-state index in [4.69, 9.17) is 5.11 Å². The molecule has 0 aliphatic carbocycles. The van der Waals surface area contributed by atoms with Crippen molar-refractivity contribution in [3.8, 4) is 0 Å². The Morgan fingerprint density at radius 2 is 2.29 bits per heavy atom. The second kappa shape index (κ2) is 6.73. The maximum Gasteiger partial charge on any atom is 0.257 e. The van der Waals surface area contributed by atoms with Crippen molar-refractivity contribution in [2.45, 2.75) is 31.2 Å². The Bertz CT molecular complexity index is 396. The summed E-state index contributed by atoms with van der Waals surface area (Å²) in [6.07, 6.45) is 3.87. The average molecular weight is 261 g/mol. The number of H-pyrrole nitrogens is 1. The number of aromatic amines is 1. The molecule has 0 saturated heterocycles. The molecule has 3 N–H and O–H groups in total. The molecule has 0 amide bonds. The van der Waals surface area contributed by atoms with Crippen LogP contribution in [0.2, 0.25) is 0 Å². The lowest BCUT2D eigenvalue weighted by Gasteiger charge is -2.15. The zero-order valence-electron chi connectivity index (χ0n) is 9.89. The largest absolute Gasteiger partial charge is 0.396 e. The first-order chi connectivity index (χ1) is 8.10. The maximum atomic E-state index is 11.8. The van der Waals surface area contributed by atoms with Gasteiger partial charge in [-0.05, 0) is 24.8 Å². The van der Waals surface area contributed by atoms with Crippen LogP contribution < -0.4 is 4.72 Å². The first-order valence-corrected chi connectivity index (χ1v) is 7.18. The molecule has 0 spiro atoms. The second-order valence-corrected chi connectivity index (χ2v) is 5.68. The van der Waals surface area contributed by atoms with E-state index in [0.717, 1.165) is 12.8 Å². The molecule has 1 atom stereocenters. The van der Waals surface area contributed by atoms with Gasteiger partial charge in [0.2, 0.25) is 0 Å². The summed E-state index contributed by atoms with van der Waals surface area (Å²) in [5.41, 5.74) is 0. The molecule has 1 aromatic rings. The summed E-state index contributed by atoms with van der Waals surface area (Å²) in [4.78, 5) is 0. The highest BCUT2D eigenvalue weighted by atomic mass is 32.2. The van der Waals surface area contributed by atoms with Crippen molar-refractivity contribution in [1.82, 2.24) is 14.9 Å². The van der Waals surface area contributed by atoms with Crippen LogP contribution in [0.5, 0.6) is 0 Å². The van der Waals surface area contributed by atoms with Crippen LogP contribution in [0.25, 0.3) is 0 Å². The molecule has 98 valence electrons. The lowest BCUT2D eigenvalue weighted by Crippen LogP contribution is -2.30. The third-order valence-corrected chi connectivity index (χ3v) is 3.91. The molecule has 0 radical (unpaired) electrons. The molecule has 6 nitrogen and oxygen atoms in total. The van der Waals surface area contributed by atoms with Crippen molar-refractivity contribution >= 4 is 10.0 Å². The van der Waals surface area contributed by atoms with Gasteiger partial charge in [-0.1, -0.05) is 13.3 Å². The van der Waals surface area contributed by atoms with Gasteiger partial charge in [-0.3, -0.25) is 5.10 Å². The van der Waals surface area contributed by atoms with Crippen LogP contribution in [0.15, 0.2) is 17.3 Å². The summed E-state index contributed by atoms with van der Waals surface area (Å²) >= 11 is 0. The van der Waals surface area contributed by atoms with Crippen molar-refractivity contribution in [1.29, 1.82) is 0 Å². The van der Waals surface area contributed by atoms with Gasteiger partial charge in [0.1, 0.15) is 0 Å². The summed E-state index contributed by atoms with van der Waals surface area (Å²) in [6.45, 7) is 2.46. The molecule has 17 heavy (non-hydrogen) atoms. The van der Waals surface area contributed by atoms with Crippen LogP contribution in [-0.4, -0.2) is 36.9 Å². The van der Waals surface area contributed by atoms with Crippen LogP contribution in [0.3, 0.4) is 0 Å². The highest BCUT2D eigenvalue weighted by molar-refractivity contribution is 7.89. The number of hydrogen-bond donors (Lipinski definition) is 3. The van der Waals surface area contributed by atoms with Gasteiger partial charge in [0.05, 0.1) is 6.20 Å². The van der Waals surface area contributed by atoms with Crippen molar-refractivity contribution in [2.24, 2.45) is 5.92 Å². The fourth-order valence-corrected chi connectivity index (χ4v) is 2.66. The second-order valence-electron chi connectivity index (χ2n) is 3.94. The minimum absolute atomic E-state index is 0.0664. The number of hydrogen-bond acceptors (Lipinski definition) is 4. The predicted molar refractivity (Wildman–Crippen MR) is 63.9 cm³/mol. The van der Waals surface area contributed by atoms with Crippen LogP contribution in [0, 0.1) is 5.92 Å². The Labute approximate surface area is 101 Å². The monoisotopic (exact) mass is 261 g/mol. The summed E-state index contributed by atoms with van der Waals surface area (Å²) in [7, 11) is -3.50. The Morgan fingerprint density at radius 1 is 1.53 bits per heavy atom. The van der Waals surface area contributed by atoms with Gasteiger partial charge in [-0.25, -0.2) is 13.1 Å². The fraction of sp³-hybridized carbons (Fsp3) is 0.700. The van der Waals surface area contributed by atoms with E-state index in [1.165, 1.54) is 12.3 Å². The Hall–Kier alpha value is -0.920. The first-order valence-electron chi connectivity index (χ1n) is 5.70. The van der Waals surface area contributed by atoms with Crippen molar-refractivity contribution in [2.75, 3.05) is 13.2 Å². The smallest absolute Gasteiger partial charge is 0.257 e. The van der Waals surface area contributed by atoms with Crippen molar-refractivity contribution in [3.63, 3.8) is 0 Å². The minimum atomic E-state index is -3.50. The molecule has 0 bridgehead atoms. The zero-order chi connectivity index (χ0) is 12.7. The van der Waals surface area contributed by atoms with E-state index in [2.05, 4.69) is 14.9 Å².